The Morgan fingerprint density at radius 2 is 1.85 bits per heavy atom. The van der Waals surface area contributed by atoms with Crippen LogP contribution >= 0.6 is 0 Å². The number of benzene rings is 1. The zero-order chi connectivity index (χ0) is 24.7. The highest BCUT2D eigenvalue weighted by Gasteiger charge is 2.31. The van der Waals surface area contributed by atoms with Gasteiger partial charge in [0, 0.05) is 37.8 Å². The van der Waals surface area contributed by atoms with Crippen LogP contribution in [0.25, 0.3) is 0 Å². The first-order valence-electron chi connectivity index (χ1n) is 12.3. The lowest BCUT2D eigenvalue weighted by Gasteiger charge is -2.30. The average Bonchev–Trinajstić information content (AvgIpc) is 3.29. The van der Waals surface area contributed by atoms with Gasteiger partial charge in [0.05, 0.1) is 13.0 Å². The molecule has 2 fully saturated rings. The van der Waals surface area contributed by atoms with E-state index in [1.54, 1.807) is 11.8 Å². The van der Waals surface area contributed by atoms with Crippen molar-refractivity contribution in [3.8, 4) is 0 Å². The number of rotatable bonds is 10. The number of esters is 1. The van der Waals surface area contributed by atoms with Crippen LogP contribution < -0.4 is 0 Å². The van der Waals surface area contributed by atoms with Gasteiger partial charge >= 0.3 is 5.97 Å². The molecule has 3 rings (SSSR count). The summed E-state index contributed by atoms with van der Waals surface area (Å²) in [6, 6.07) is 3.66. The highest BCUT2D eigenvalue weighted by Crippen LogP contribution is 2.25. The van der Waals surface area contributed by atoms with E-state index in [9.17, 15) is 22.4 Å². The molecule has 0 radical (unpaired) electrons. The van der Waals surface area contributed by atoms with Gasteiger partial charge in [0.15, 0.2) is 0 Å². The fraction of sp³-hybridized carbons (Fsp3) is 0.667. The monoisotopic (exact) mass is 497 g/mol. The topological polar surface area (TPSA) is 87.2 Å². The predicted molar refractivity (Wildman–Crippen MR) is 126 cm³/mol. The van der Waals surface area contributed by atoms with E-state index in [-0.39, 0.29) is 31.2 Å². The highest BCUT2D eigenvalue weighted by atomic mass is 32.2. The number of hydrogen-bond donors (Lipinski definition) is 0. The van der Waals surface area contributed by atoms with E-state index >= 15 is 0 Å². The molecular weight excluding hydrogens is 461 g/mol. The molecular formula is C24H36FN3O5S. The fourth-order valence-corrected chi connectivity index (χ4v) is 6.38. The number of piperidine rings is 1. The van der Waals surface area contributed by atoms with Crippen LogP contribution in [0, 0.1) is 5.82 Å². The quantitative estimate of drug-likeness (QED) is 0.462. The summed E-state index contributed by atoms with van der Waals surface area (Å²) in [5.74, 6) is -1.68. The van der Waals surface area contributed by atoms with Gasteiger partial charge in [-0.25, -0.2) is 12.8 Å². The van der Waals surface area contributed by atoms with E-state index in [1.807, 2.05) is 0 Å². The summed E-state index contributed by atoms with van der Waals surface area (Å²) in [5, 5.41) is 0. The summed E-state index contributed by atoms with van der Waals surface area (Å²) in [7, 11) is -4.04. The lowest BCUT2D eigenvalue weighted by Crippen LogP contribution is -2.44. The van der Waals surface area contributed by atoms with Gasteiger partial charge in [-0.3, -0.25) is 14.5 Å². The maximum Gasteiger partial charge on any atom is 0.307 e. The second kappa shape index (κ2) is 12.1. The van der Waals surface area contributed by atoms with Crippen molar-refractivity contribution in [3.05, 3.63) is 29.6 Å². The molecule has 0 aromatic heterocycles. The summed E-state index contributed by atoms with van der Waals surface area (Å²) < 4.78 is 47.1. The van der Waals surface area contributed by atoms with Gasteiger partial charge in [0.2, 0.25) is 10.0 Å². The van der Waals surface area contributed by atoms with E-state index in [0.717, 1.165) is 57.3 Å². The summed E-state index contributed by atoms with van der Waals surface area (Å²) >= 11 is 0. The Morgan fingerprint density at radius 1 is 1.12 bits per heavy atom. The molecule has 1 amide bonds. The molecule has 0 bridgehead atoms. The van der Waals surface area contributed by atoms with Crippen LogP contribution in [0.15, 0.2) is 23.1 Å². The van der Waals surface area contributed by atoms with Crippen LogP contribution in [0.1, 0.15) is 62.7 Å². The minimum Gasteiger partial charge on any atom is -0.466 e. The van der Waals surface area contributed by atoms with Crippen molar-refractivity contribution in [3.63, 3.8) is 0 Å². The summed E-state index contributed by atoms with van der Waals surface area (Å²) in [5.41, 5.74) is 0.0990. The van der Waals surface area contributed by atoms with Gasteiger partial charge < -0.3 is 9.64 Å². The zero-order valence-electron chi connectivity index (χ0n) is 20.2. The van der Waals surface area contributed by atoms with Crippen molar-refractivity contribution in [2.24, 2.45) is 0 Å². The third kappa shape index (κ3) is 6.34. The van der Waals surface area contributed by atoms with E-state index < -0.39 is 32.6 Å². The van der Waals surface area contributed by atoms with E-state index in [2.05, 4.69) is 11.8 Å². The number of likely N-dealkylation sites (N-methyl/N-ethyl adjacent to an activating group) is 1. The number of amides is 1. The van der Waals surface area contributed by atoms with E-state index in [1.165, 1.54) is 10.4 Å². The Hall–Kier alpha value is -2.04. The normalized spacial score (nSPS) is 19.8. The van der Waals surface area contributed by atoms with Crippen molar-refractivity contribution >= 4 is 21.9 Å². The van der Waals surface area contributed by atoms with Crippen molar-refractivity contribution in [2.75, 3.05) is 45.9 Å². The lowest BCUT2D eigenvalue weighted by molar-refractivity contribution is -0.143. The minimum absolute atomic E-state index is 0.0402. The van der Waals surface area contributed by atoms with Crippen LogP contribution in [-0.2, 0) is 19.6 Å². The summed E-state index contributed by atoms with van der Waals surface area (Å²) in [4.78, 5) is 28.8. The van der Waals surface area contributed by atoms with Crippen LogP contribution in [0.3, 0.4) is 0 Å². The first kappa shape index (κ1) is 26.6. The first-order valence-corrected chi connectivity index (χ1v) is 13.7. The molecule has 2 heterocycles. The third-order valence-corrected chi connectivity index (χ3v) is 8.54. The van der Waals surface area contributed by atoms with Crippen molar-refractivity contribution in [2.45, 2.75) is 63.3 Å². The van der Waals surface area contributed by atoms with E-state index in [0.29, 0.717) is 19.6 Å². The molecule has 2 aliphatic heterocycles. The number of likely N-dealkylation sites (tertiary alicyclic amines) is 1. The molecule has 1 aromatic rings. The van der Waals surface area contributed by atoms with Gasteiger partial charge in [-0.05, 0) is 63.9 Å². The first-order chi connectivity index (χ1) is 16.3. The van der Waals surface area contributed by atoms with Crippen LogP contribution in [0.5, 0.6) is 0 Å². The smallest absolute Gasteiger partial charge is 0.307 e. The number of sulfonamides is 1. The Kier molecular flexibility index (Phi) is 9.44. The molecule has 0 saturated carbocycles. The third-order valence-electron chi connectivity index (χ3n) is 6.63. The summed E-state index contributed by atoms with van der Waals surface area (Å²) in [6.45, 7) is 7.13. The number of halogens is 1. The van der Waals surface area contributed by atoms with Crippen LogP contribution in [-0.4, -0.2) is 86.3 Å². The maximum absolute atomic E-state index is 14.6. The number of nitrogens with zero attached hydrogens (tertiary/aromatic N) is 3. The average molecular weight is 498 g/mol. The molecule has 10 heteroatoms. The molecule has 0 spiro atoms. The maximum atomic E-state index is 14.6. The molecule has 34 heavy (non-hydrogen) atoms. The second-order valence-electron chi connectivity index (χ2n) is 8.84. The van der Waals surface area contributed by atoms with Gasteiger partial charge in [-0.1, -0.05) is 13.3 Å². The second-order valence-corrected chi connectivity index (χ2v) is 10.7. The number of ether oxygens (including phenoxy) is 1. The molecule has 1 unspecified atom stereocenters. The molecule has 2 saturated heterocycles. The van der Waals surface area contributed by atoms with Gasteiger partial charge in [-0.2, -0.15) is 4.31 Å². The highest BCUT2D eigenvalue weighted by molar-refractivity contribution is 7.89. The van der Waals surface area contributed by atoms with Gasteiger partial charge in [0.25, 0.3) is 5.91 Å². The standard InChI is InChI=1S/C24H36FN3O5S/c1-3-26-13-8-9-20(26)18-27(16-12-23(29)33-4-2)24(30)19-10-11-21(25)22(17-19)34(31,32)28-14-6-5-7-15-28/h10-11,17,20H,3-9,12-16,18H2,1-2H3. The van der Waals surface area contributed by atoms with Crippen LogP contribution in [0.4, 0.5) is 4.39 Å². The number of hydrogen-bond acceptors (Lipinski definition) is 6. The van der Waals surface area contributed by atoms with Gasteiger partial charge in [-0.15, -0.1) is 0 Å². The molecule has 1 atom stereocenters. The number of carbonyl (C=O) groups is 2. The molecule has 0 N–H and O–H groups in total. The van der Waals surface area contributed by atoms with Crippen molar-refractivity contribution < 1.29 is 27.1 Å². The Balaban J connectivity index is 1.85. The minimum atomic E-state index is -4.04. The molecule has 0 aliphatic carbocycles. The predicted octanol–water partition coefficient (Wildman–Crippen LogP) is 2.88. The van der Waals surface area contributed by atoms with Crippen molar-refractivity contribution in [1.82, 2.24) is 14.1 Å². The summed E-state index contributed by atoms with van der Waals surface area (Å²) in [6.07, 6.45) is 4.42. The largest absolute Gasteiger partial charge is 0.466 e. The Morgan fingerprint density at radius 3 is 2.53 bits per heavy atom. The number of carbonyl (C=O) groups excluding carboxylic acids is 2. The Bertz CT molecular complexity index is 965. The molecule has 8 nitrogen and oxygen atoms in total. The van der Waals surface area contributed by atoms with Crippen LogP contribution in [0.2, 0.25) is 0 Å². The fourth-order valence-electron chi connectivity index (χ4n) is 4.77. The molecule has 2 aliphatic rings. The van der Waals surface area contributed by atoms with E-state index in [4.69, 9.17) is 4.74 Å². The van der Waals surface area contributed by atoms with Gasteiger partial charge in [0.1, 0.15) is 10.7 Å². The Labute approximate surface area is 202 Å². The molecule has 190 valence electrons. The molecule has 1 aromatic carbocycles. The van der Waals surface area contributed by atoms with Crippen molar-refractivity contribution in [1.29, 1.82) is 0 Å². The SMILES string of the molecule is CCOC(=O)CCN(CC1CCCN1CC)C(=O)c1ccc(F)c(S(=O)(=O)N2CCCCC2)c1. The zero-order valence-corrected chi connectivity index (χ0v) is 21.0. The lowest BCUT2D eigenvalue weighted by atomic mass is 10.1.